The van der Waals surface area contributed by atoms with Gasteiger partial charge in [0.05, 0.1) is 18.1 Å². The molecule has 0 heterocycles. The van der Waals surface area contributed by atoms with E-state index in [-0.39, 0.29) is 11.0 Å². The summed E-state index contributed by atoms with van der Waals surface area (Å²) in [7, 11) is -2.14. The largest absolute Gasteiger partial charge is 0.497 e. The average Bonchev–Trinajstić information content (AvgIpc) is 2.90. The van der Waals surface area contributed by atoms with Crippen molar-refractivity contribution in [1.29, 1.82) is 0 Å². The van der Waals surface area contributed by atoms with Gasteiger partial charge in [-0.1, -0.05) is 23.8 Å². The molecule has 6 heteroatoms. The maximum absolute atomic E-state index is 12.0. The number of sulfonamides is 1. The van der Waals surface area contributed by atoms with Crippen molar-refractivity contribution in [2.75, 3.05) is 7.11 Å². The summed E-state index contributed by atoms with van der Waals surface area (Å²) in [6, 6.07) is 6.28. The minimum absolute atomic E-state index is 0.00890. The van der Waals surface area contributed by atoms with Crippen LogP contribution < -0.4 is 9.62 Å². The minimum Gasteiger partial charge on any atom is -0.497 e. The first-order valence-electron chi connectivity index (χ1n) is 5.93. The quantitative estimate of drug-likeness (QED) is 0.830. The van der Waals surface area contributed by atoms with Gasteiger partial charge in [0.15, 0.2) is 0 Å². The van der Waals surface area contributed by atoms with Gasteiger partial charge in [0.2, 0.25) is 0 Å². The number of hydrogen-bond donors (Lipinski definition) is 1. The Balaban J connectivity index is 2.04. The van der Waals surface area contributed by atoms with Crippen molar-refractivity contribution in [3.05, 3.63) is 24.3 Å². The van der Waals surface area contributed by atoms with Crippen molar-refractivity contribution >= 4 is 10.0 Å². The van der Waals surface area contributed by atoms with Crippen molar-refractivity contribution in [2.24, 2.45) is 0 Å². The minimum atomic E-state index is -3.63. The van der Waals surface area contributed by atoms with E-state index in [1.54, 1.807) is 12.1 Å². The Morgan fingerprint density at radius 3 is 2.67 bits per heavy atom. The second-order valence-corrected chi connectivity index (χ2v) is 5.94. The molecule has 1 aromatic rings. The predicted octanol–water partition coefficient (Wildman–Crippen LogP) is 1.85. The molecule has 0 spiro atoms. The lowest BCUT2D eigenvalue weighted by atomic mass is 10.3. The van der Waals surface area contributed by atoms with Gasteiger partial charge in [-0.05, 0) is 25.0 Å². The summed E-state index contributed by atoms with van der Waals surface area (Å²) in [5.74, 6) is 0.499. The molecule has 2 rings (SSSR count). The molecule has 0 unspecified atom stereocenters. The number of benzene rings is 1. The molecule has 5 nitrogen and oxygen atoms in total. The second-order valence-electron chi connectivity index (χ2n) is 4.29. The molecule has 0 aliphatic heterocycles. The molecule has 18 heavy (non-hydrogen) atoms. The molecule has 0 atom stereocenters. The van der Waals surface area contributed by atoms with Crippen LogP contribution >= 0.6 is 0 Å². The summed E-state index contributed by atoms with van der Waals surface area (Å²) >= 11 is 0. The fourth-order valence-electron chi connectivity index (χ4n) is 1.95. The molecule has 1 aliphatic rings. The standard InChI is InChI=1S/C12H17NO4S/c1-16-11-7-4-8-12(9-11)18(14,15)13-17-10-5-2-3-6-10/h4,7-10,13H,2-3,5-6H2,1H3. The summed E-state index contributed by atoms with van der Waals surface area (Å²) in [6.07, 6.45) is 3.98. The Labute approximate surface area is 107 Å². The van der Waals surface area contributed by atoms with Gasteiger partial charge in [0.1, 0.15) is 5.75 Å². The Bertz CT molecular complexity index is 495. The van der Waals surface area contributed by atoms with Crippen molar-refractivity contribution in [1.82, 2.24) is 4.89 Å². The number of nitrogens with one attached hydrogen (secondary N) is 1. The van der Waals surface area contributed by atoms with E-state index < -0.39 is 10.0 Å². The van der Waals surface area contributed by atoms with Crippen LogP contribution in [0.3, 0.4) is 0 Å². The SMILES string of the molecule is COc1cccc(S(=O)(=O)NOC2CCCC2)c1. The summed E-state index contributed by atoms with van der Waals surface area (Å²) in [5.41, 5.74) is 0. The van der Waals surface area contributed by atoms with Crippen LogP contribution in [0.15, 0.2) is 29.2 Å². The van der Waals surface area contributed by atoms with Crippen LogP contribution in [0.25, 0.3) is 0 Å². The van der Waals surface area contributed by atoms with E-state index in [0.29, 0.717) is 5.75 Å². The van der Waals surface area contributed by atoms with Gasteiger partial charge in [-0.2, -0.15) is 0 Å². The topological polar surface area (TPSA) is 64.6 Å². The molecule has 1 fully saturated rings. The maximum Gasteiger partial charge on any atom is 0.262 e. The molecular weight excluding hydrogens is 254 g/mol. The molecule has 0 radical (unpaired) electrons. The molecule has 0 bridgehead atoms. The van der Waals surface area contributed by atoms with E-state index >= 15 is 0 Å². The molecular formula is C12H17NO4S. The lowest BCUT2D eigenvalue weighted by Gasteiger charge is -2.12. The zero-order valence-corrected chi connectivity index (χ0v) is 11.1. The molecule has 0 saturated heterocycles. The van der Waals surface area contributed by atoms with E-state index in [4.69, 9.17) is 9.57 Å². The Hall–Kier alpha value is -1.11. The van der Waals surface area contributed by atoms with Crippen molar-refractivity contribution in [2.45, 2.75) is 36.7 Å². The highest BCUT2D eigenvalue weighted by Crippen LogP contribution is 2.21. The van der Waals surface area contributed by atoms with Crippen molar-refractivity contribution in [3.8, 4) is 5.75 Å². The number of rotatable bonds is 5. The van der Waals surface area contributed by atoms with Crippen LogP contribution in [0, 0.1) is 0 Å². The highest BCUT2D eigenvalue weighted by molar-refractivity contribution is 7.89. The molecule has 1 aliphatic carbocycles. The highest BCUT2D eigenvalue weighted by atomic mass is 32.2. The monoisotopic (exact) mass is 271 g/mol. The van der Waals surface area contributed by atoms with Gasteiger partial charge < -0.3 is 4.74 Å². The third kappa shape index (κ3) is 3.22. The first-order valence-corrected chi connectivity index (χ1v) is 7.41. The number of hydrogen-bond acceptors (Lipinski definition) is 4. The van der Waals surface area contributed by atoms with E-state index in [9.17, 15) is 8.42 Å². The third-order valence-corrected chi connectivity index (χ3v) is 4.17. The first-order chi connectivity index (χ1) is 8.62. The van der Waals surface area contributed by atoms with Crippen molar-refractivity contribution < 1.29 is 18.0 Å². The molecule has 1 aromatic carbocycles. The van der Waals surface area contributed by atoms with E-state index in [2.05, 4.69) is 4.89 Å². The number of ether oxygens (including phenoxy) is 1. The fourth-order valence-corrected chi connectivity index (χ4v) is 2.84. The summed E-state index contributed by atoms with van der Waals surface area (Å²) in [6.45, 7) is 0. The van der Waals surface area contributed by atoms with Crippen LogP contribution in [-0.2, 0) is 14.9 Å². The normalized spacial score (nSPS) is 16.9. The lowest BCUT2D eigenvalue weighted by molar-refractivity contribution is 0.0223. The zero-order valence-electron chi connectivity index (χ0n) is 10.3. The van der Waals surface area contributed by atoms with Gasteiger partial charge >= 0.3 is 0 Å². The van der Waals surface area contributed by atoms with E-state index in [1.165, 1.54) is 19.2 Å². The van der Waals surface area contributed by atoms with Gasteiger partial charge in [0, 0.05) is 6.07 Å². The van der Waals surface area contributed by atoms with Crippen LogP contribution in [-0.4, -0.2) is 21.6 Å². The third-order valence-electron chi connectivity index (χ3n) is 2.98. The smallest absolute Gasteiger partial charge is 0.262 e. The van der Waals surface area contributed by atoms with Gasteiger partial charge in [-0.25, -0.2) is 8.42 Å². The maximum atomic E-state index is 12.0. The predicted molar refractivity (Wildman–Crippen MR) is 66.7 cm³/mol. The Kier molecular flexibility index (Phi) is 4.21. The Morgan fingerprint density at radius 1 is 1.28 bits per heavy atom. The molecule has 1 N–H and O–H groups in total. The first kappa shape index (κ1) is 13.3. The van der Waals surface area contributed by atoms with E-state index in [1.807, 2.05) is 0 Å². The average molecular weight is 271 g/mol. The van der Waals surface area contributed by atoms with Gasteiger partial charge in [-0.15, -0.1) is 0 Å². The zero-order chi connectivity index (χ0) is 13.0. The molecule has 0 aromatic heterocycles. The summed E-state index contributed by atoms with van der Waals surface area (Å²) in [4.78, 5) is 7.54. The fraction of sp³-hybridized carbons (Fsp3) is 0.500. The molecule has 0 amide bonds. The van der Waals surface area contributed by atoms with Crippen LogP contribution in [0.1, 0.15) is 25.7 Å². The van der Waals surface area contributed by atoms with Crippen LogP contribution in [0.2, 0.25) is 0 Å². The molecule has 1 saturated carbocycles. The Morgan fingerprint density at radius 2 is 2.00 bits per heavy atom. The van der Waals surface area contributed by atoms with E-state index in [0.717, 1.165) is 25.7 Å². The van der Waals surface area contributed by atoms with Gasteiger partial charge in [-0.3, -0.25) is 4.84 Å². The highest BCUT2D eigenvalue weighted by Gasteiger charge is 2.20. The van der Waals surface area contributed by atoms with Gasteiger partial charge in [0.25, 0.3) is 10.0 Å². The molecule has 100 valence electrons. The number of methoxy groups -OCH3 is 1. The summed E-state index contributed by atoms with van der Waals surface area (Å²) < 4.78 is 28.9. The lowest BCUT2D eigenvalue weighted by Crippen LogP contribution is -2.28. The van der Waals surface area contributed by atoms with Crippen molar-refractivity contribution in [3.63, 3.8) is 0 Å². The summed E-state index contributed by atoms with van der Waals surface area (Å²) in [5, 5.41) is 0. The second kappa shape index (κ2) is 5.69. The van der Waals surface area contributed by atoms with Crippen LogP contribution in [0.4, 0.5) is 0 Å². The van der Waals surface area contributed by atoms with Crippen LogP contribution in [0.5, 0.6) is 5.75 Å².